The molecule has 8 heteroatoms. The van der Waals surface area contributed by atoms with Crippen molar-refractivity contribution in [1.82, 2.24) is 15.4 Å². The van der Waals surface area contributed by atoms with Crippen LogP contribution in [0.5, 0.6) is 0 Å². The molecule has 1 fully saturated rings. The summed E-state index contributed by atoms with van der Waals surface area (Å²) >= 11 is 0. The number of guanidine groups is 1. The van der Waals surface area contributed by atoms with Crippen LogP contribution >= 0.6 is 0 Å². The van der Waals surface area contributed by atoms with Crippen molar-refractivity contribution in [2.45, 2.75) is 18.9 Å². The van der Waals surface area contributed by atoms with Gasteiger partial charge in [-0.05, 0) is 12.8 Å². The van der Waals surface area contributed by atoms with Crippen LogP contribution < -0.4 is 15.4 Å². The molecule has 1 heterocycles. The summed E-state index contributed by atoms with van der Waals surface area (Å²) in [6, 6.07) is 0. The summed E-state index contributed by atoms with van der Waals surface area (Å²) in [5.74, 6) is 0.654. The third-order valence-electron chi connectivity index (χ3n) is 2.53. The first-order valence-electron chi connectivity index (χ1n) is 6.02. The molecule has 0 aromatic carbocycles. The second-order valence-electron chi connectivity index (χ2n) is 4.18. The summed E-state index contributed by atoms with van der Waals surface area (Å²) in [5.41, 5.74) is 0. The first kappa shape index (κ1) is 15.2. The van der Waals surface area contributed by atoms with Gasteiger partial charge in [-0.2, -0.15) is 0 Å². The van der Waals surface area contributed by atoms with E-state index >= 15 is 0 Å². The van der Waals surface area contributed by atoms with Crippen molar-refractivity contribution < 1.29 is 13.2 Å². The third kappa shape index (κ3) is 6.77. The Hall–Kier alpha value is -0.860. The van der Waals surface area contributed by atoms with Gasteiger partial charge in [-0.1, -0.05) is 0 Å². The molecule has 7 nitrogen and oxygen atoms in total. The lowest BCUT2D eigenvalue weighted by atomic mass is 10.2. The van der Waals surface area contributed by atoms with Crippen LogP contribution in [0.2, 0.25) is 0 Å². The van der Waals surface area contributed by atoms with E-state index in [1.165, 1.54) is 0 Å². The molecule has 106 valence electrons. The smallest absolute Gasteiger partial charge is 0.208 e. The predicted molar refractivity (Wildman–Crippen MR) is 71.2 cm³/mol. The summed E-state index contributed by atoms with van der Waals surface area (Å²) in [6.07, 6.45) is 3.56. The maximum absolute atomic E-state index is 10.8. The van der Waals surface area contributed by atoms with Gasteiger partial charge in [0.1, 0.15) is 0 Å². The highest BCUT2D eigenvalue weighted by molar-refractivity contribution is 7.88. The standard InChI is InChI=1S/C10H22N4O3S/c1-11-10(12-5-6-14-18(2,15)16)13-8-9-4-3-7-17-9/h9,14H,3-8H2,1-2H3,(H2,11,12,13). The molecule has 0 radical (unpaired) electrons. The minimum atomic E-state index is -3.12. The van der Waals surface area contributed by atoms with Gasteiger partial charge in [0.15, 0.2) is 5.96 Å². The van der Waals surface area contributed by atoms with Crippen molar-refractivity contribution in [2.75, 3.05) is 39.5 Å². The quantitative estimate of drug-likeness (QED) is 0.325. The van der Waals surface area contributed by atoms with Crippen LogP contribution in [-0.2, 0) is 14.8 Å². The monoisotopic (exact) mass is 278 g/mol. The first-order valence-corrected chi connectivity index (χ1v) is 7.91. The van der Waals surface area contributed by atoms with Gasteiger partial charge < -0.3 is 15.4 Å². The molecule has 3 N–H and O–H groups in total. The minimum absolute atomic E-state index is 0.248. The average Bonchev–Trinajstić information content (AvgIpc) is 2.79. The maximum Gasteiger partial charge on any atom is 0.208 e. The molecule has 1 atom stereocenters. The molecule has 1 rings (SSSR count). The summed E-state index contributed by atoms with van der Waals surface area (Å²) in [5, 5.41) is 6.17. The zero-order chi connectivity index (χ0) is 13.4. The molecule has 1 aliphatic rings. The van der Waals surface area contributed by atoms with E-state index in [0.29, 0.717) is 19.0 Å². The van der Waals surface area contributed by atoms with E-state index in [4.69, 9.17) is 4.74 Å². The van der Waals surface area contributed by atoms with Crippen molar-refractivity contribution >= 4 is 16.0 Å². The molecule has 1 unspecified atom stereocenters. The number of nitrogens with zero attached hydrogens (tertiary/aromatic N) is 1. The fraction of sp³-hybridized carbons (Fsp3) is 0.900. The highest BCUT2D eigenvalue weighted by Crippen LogP contribution is 2.10. The van der Waals surface area contributed by atoms with E-state index in [0.717, 1.165) is 32.2 Å². The van der Waals surface area contributed by atoms with Gasteiger partial charge in [0.2, 0.25) is 10.0 Å². The van der Waals surface area contributed by atoms with E-state index in [1.807, 2.05) is 0 Å². The summed E-state index contributed by atoms with van der Waals surface area (Å²) in [6.45, 7) is 2.37. The second kappa shape index (κ2) is 7.55. The molecular weight excluding hydrogens is 256 g/mol. The highest BCUT2D eigenvalue weighted by Gasteiger charge is 2.15. The number of nitrogens with one attached hydrogen (secondary N) is 3. The molecule has 18 heavy (non-hydrogen) atoms. The number of hydrogen-bond acceptors (Lipinski definition) is 4. The van der Waals surface area contributed by atoms with E-state index in [1.54, 1.807) is 7.05 Å². The molecule has 1 aliphatic heterocycles. The van der Waals surface area contributed by atoms with Gasteiger partial charge in [-0.3, -0.25) is 4.99 Å². The Bertz CT molecular complexity index is 363. The number of hydrogen-bond donors (Lipinski definition) is 3. The average molecular weight is 278 g/mol. The van der Waals surface area contributed by atoms with Crippen molar-refractivity contribution in [2.24, 2.45) is 4.99 Å². The maximum atomic E-state index is 10.8. The fourth-order valence-electron chi connectivity index (χ4n) is 1.65. The summed E-state index contributed by atoms with van der Waals surface area (Å²) in [7, 11) is -1.45. The number of sulfonamides is 1. The van der Waals surface area contributed by atoms with E-state index in [-0.39, 0.29) is 6.10 Å². The topological polar surface area (TPSA) is 91.8 Å². The van der Waals surface area contributed by atoms with Crippen molar-refractivity contribution in [3.8, 4) is 0 Å². The lowest BCUT2D eigenvalue weighted by molar-refractivity contribution is 0.114. The Morgan fingerprint density at radius 2 is 2.17 bits per heavy atom. The molecule has 0 aromatic heterocycles. The van der Waals surface area contributed by atoms with Crippen LogP contribution in [0.4, 0.5) is 0 Å². The van der Waals surface area contributed by atoms with Gasteiger partial charge in [0.25, 0.3) is 0 Å². The number of ether oxygens (including phenoxy) is 1. The van der Waals surface area contributed by atoms with Crippen LogP contribution in [0.25, 0.3) is 0 Å². The molecule has 0 saturated carbocycles. The van der Waals surface area contributed by atoms with Crippen LogP contribution in [-0.4, -0.2) is 60.0 Å². The zero-order valence-corrected chi connectivity index (χ0v) is 11.7. The molecular formula is C10H22N4O3S. The van der Waals surface area contributed by atoms with Crippen LogP contribution in [0.15, 0.2) is 4.99 Å². The molecule has 0 bridgehead atoms. The Morgan fingerprint density at radius 1 is 1.39 bits per heavy atom. The fourth-order valence-corrected chi connectivity index (χ4v) is 2.13. The number of aliphatic imine (C=N–C) groups is 1. The Kier molecular flexibility index (Phi) is 6.37. The number of rotatable bonds is 6. The molecule has 1 saturated heterocycles. The van der Waals surface area contributed by atoms with E-state index in [2.05, 4.69) is 20.3 Å². The predicted octanol–water partition coefficient (Wildman–Crippen LogP) is -1.12. The Labute approximate surface area is 108 Å². The lowest BCUT2D eigenvalue weighted by Gasteiger charge is -2.14. The lowest BCUT2D eigenvalue weighted by Crippen LogP contribution is -2.43. The van der Waals surface area contributed by atoms with Crippen molar-refractivity contribution in [3.63, 3.8) is 0 Å². The van der Waals surface area contributed by atoms with Gasteiger partial charge in [-0.25, -0.2) is 13.1 Å². The van der Waals surface area contributed by atoms with Crippen molar-refractivity contribution in [3.05, 3.63) is 0 Å². The van der Waals surface area contributed by atoms with E-state index < -0.39 is 10.0 Å². The SMILES string of the molecule is CN=C(NCCNS(C)(=O)=O)NCC1CCCO1. The summed E-state index contributed by atoms with van der Waals surface area (Å²) < 4.78 is 29.6. The second-order valence-corrected chi connectivity index (χ2v) is 6.01. The largest absolute Gasteiger partial charge is 0.376 e. The normalized spacial score (nSPS) is 21.0. The van der Waals surface area contributed by atoms with Gasteiger partial charge in [0.05, 0.1) is 12.4 Å². The Morgan fingerprint density at radius 3 is 2.72 bits per heavy atom. The van der Waals surface area contributed by atoms with Crippen LogP contribution in [0.1, 0.15) is 12.8 Å². The molecule has 0 aliphatic carbocycles. The van der Waals surface area contributed by atoms with E-state index in [9.17, 15) is 8.42 Å². The zero-order valence-electron chi connectivity index (χ0n) is 10.9. The first-order chi connectivity index (χ1) is 8.51. The van der Waals surface area contributed by atoms with Crippen LogP contribution in [0, 0.1) is 0 Å². The molecule has 0 aromatic rings. The summed E-state index contributed by atoms with van der Waals surface area (Å²) in [4.78, 5) is 4.04. The highest BCUT2D eigenvalue weighted by atomic mass is 32.2. The van der Waals surface area contributed by atoms with Gasteiger partial charge in [-0.15, -0.1) is 0 Å². The Balaban J connectivity index is 2.13. The van der Waals surface area contributed by atoms with Crippen molar-refractivity contribution in [1.29, 1.82) is 0 Å². The molecule has 0 amide bonds. The molecule has 0 spiro atoms. The van der Waals surface area contributed by atoms with Crippen LogP contribution in [0.3, 0.4) is 0 Å². The van der Waals surface area contributed by atoms with Gasteiger partial charge >= 0.3 is 0 Å². The minimum Gasteiger partial charge on any atom is -0.376 e. The van der Waals surface area contributed by atoms with Gasteiger partial charge in [0, 0.05) is 33.3 Å². The third-order valence-corrected chi connectivity index (χ3v) is 3.25.